The summed E-state index contributed by atoms with van der Waals surface area (Å²) in [5, 5.41) is 5.30. The van der Waals surface area contributed by atoms with Crippen LogP contribution in [0.25, 0.3) is 0 Å². The second-order valence-corrected chi connectivity index (χ2v) is 10.3. The van der Waals surface area contributed by atoms with Gasteiger partial charge in [-0.05, 0) is 93.9 Å². The fourth-order valence-electron chi connectivity index (χ4n) is 4.66. The number of nitrogens with zero attached hydrogens (tertiary/aromatic N) is 4. The van der Waals surface area contributed by atoms with Crippen LogP contribution in [0.2, 0.25) is 5.02 Å². The molecule has 0 amide bonds. The highest BCUT2D eigenvalue weighted by atomic mass is 79.9. The quantitative estimate of drug-likeness (QED) is 0.340. The molecule has 33 heavy (non-hydrogen) atoms. The number of piperidine rings is 1. The molecule has 0 atom stereocenters. The maximum Gasteiger partial charge on any atom is 0.346 e. The summed E-state index contributed by atoms with van der Waals surface area (Å²) in [4.78, 5) is 15.3. The molecule has 1 aromatic heterocycles. The molecule has 3 aromatic rings. The van der Waals surface area contributed by atoms with Crippen molar-refractivity contribution >= 4 is 27.5 Å². The van der Waals surface area contributed by atoms with Crippen molar-refractivity contribution in [2.24, 2.45) is 5.92 Å². The molecule has 0 unspecified atom stereocenters. The molecule has 1 fully saturated rings. The van der Waals surface area contributed by atoms with E-state index in [1.54, 1.807) is 9.25 Å². The van der Waals surface area contributed by atoms with Crippen molar-refractivity contribution in [1.29, 1.82) is 0 Å². The van der Waals surface area contributed by atoms with Crippen molar-refractivity contribution in [1.82, 2.24) is 19.2 Å². The molecule has 176 valence electrons. The van der Waals surface area contributed by atoms with Crippen LogP contribution in [0.4, 0.5) is 0 Å². The second kappa shape index (κ2) is 11.5. The standard InChI is InChI=1S/C26H32BrClN4O/c1-20-29-32(26(33)31(20)19-22-7-3-2-4-8-22)14-6-5-13-30-15-11-21(12-16-30)17-23-18-24(28)9-10-25(23)27/h2-4,7-10,18,21H,5-6,11-17,19H2,1H3. The van der Waals surface area contributed by atoms with Crippen LogP contribution < -0.4 is 5.69 Å². The smallest absolute Gasteiger partial charge is 0.303 e. The maximum absolute atomic E-state index is 12.8. The number of likely N-dealkylation sites (tertiary alicyclic amines) is 1. The summed E-state index contributed by atoms with van der Waals surface area (Å²) in [5.74, 6) is 1.49. The summed E-state index contributed by atoms with van der Waals surface area (Å²) < 4.78 is 4.55. The highest BCUT2D eigenvalue weighted by Gasteiger charge is 2.20. The van der Waals surface area contributed by atoms with Crippen LogP contribution in [-0.2, 0) is 19.5 Å². The number of benzene rings is 2. The summed E-state index contributed by atoms with van der Waals surface area (Å²) in [6, 6.07) is 16.1. The minimum atomic E-state index is -0.00987. The van der Waals surface area contributed by atoms with E-state index < -0.39 is 0 Å². The van der Waals surface area contributed by atoms with Crippen LogP contribution in [0.15, 0.2) is 57.8 Å². The third-order valence-electron chi connectivity index (χ3n) is 6.61. The van der Waals surface area contributed by atoms with E-state index >= 15 is 0 Å². The van der Waals surface area contributed by atoms with Gasteiger partial charge in [-0.1, -0.05) is 57.9 Å². The van der Waals surface area contributed by atoms with E-state index in [1.807, 2.05) is 49.4 Å². The predicted octanol–water partition coefficient (Wildman–Crippen LogP) is 5.55. The van der Waals surface area contributed by atoms with Crippen molar-refractivity contribution in [3.63, 3.8) is 0 Å². The van der Waals surface area contributed by atoms with Crippen molar-refractivity contribution in [2.45, 2.75) is 52.1 Å². The van der Waals surface area contributed by atoms with Crippen LogP contribution in [-0.4, -0.2) is 38.9 Å². The molecule has 0 spiro atoms. The molecule has 0 aliphatic carbocycles. The van der Waals surface area contributed by atoms with Gasteiger partial charge >= 0.3 is 5.69 Å². The molecule has 7 heteroatoms. The summed E-state index contributed by atoms with van der Waals surface area (Å²) >= 11 is 9.83. The van der Waals surface area contributed by atoms with E-state index in [9.17, 15) is 4.79 Å². The normalized spacial score (nSPS) is 15.2. The lowest BCUT2D eigenvalue weighted by Gasteiger charge is -2.32. The van der Waals surface area contributed by atoms with E-state index in [1.165, 1.54) is 18.4 Å². The van der Waals surface area contributed by atoms with E-state index in [4.69, 9.17) is 11.6 Å². The van der Waals surface area contributed by atoms with Gasteiger partial charge in [0, 0.05) is 16.0 Å². The van der Waals surface area contributed by atoms with Gasteiger partial charge in [-0.3, -0.25) is 4.57 Å². The van der Waals surface area contributed by atoms with E-state index in [0.29, 0.717) is 19.0 Å². The molecule has 2 heterocycles. The number of hydrogen-bond donors (Lipinski definition) is 0. The number of aromatic nitrogens is 3. The summed E-state index contributed by atoms with van der Waals surface area (Å²) in [6.07, 6.45) is 5.59. The average molecular weight is 532 g/mol. The van der Waals surface area contributed by atoms with Crippen molar-refractivity contribution in [3.8, 4) is 0 Å². The SMILES string of the molecule is Cc1nn(CCCCN2CCC(Cc3cc(Cl)ccc3Br)CC2)c(=O)n1Cc1ccccc1. The topological polar surface area (TPSA) is 43.1 Å². The monoisotopic (exact) mass is 530 g/mol. The van der Waals surface area contributed by atoms with Gasteiger partial charge in [0.15, 0.2) is 0 Å². The molecule has 4 rings (SSSR count). The Balaban J connectivity index is 1.19. The first kappa shape index (κ1) is 24.2. The first-order chi connectivity index (χ1) is 16.0. The van der Waals surface area contributed by atoms with Crippen molar-refractivity contribution in [3.05, 3.63) is 85.5 Å². The van der Waals surface area contributed by atoms with Crippen LogP contribution in [0.1, 0.15) is 42.6 Å². The van der Waals surface area contributed by atoms with Crippen LogP contribution >= 0.6 is 27.5 Å². The molecular weight excluding hydrogens is 500 g/mol. The molecule has 0 radical (unpaired) electrons. The van der Waals surface area contributed by atoms with Gasteiger partial charge in [-0.25, -0.2) is 9.48 Å². The van der Waals surface area contributed by atoms with Gasteiger partial charge < -0.3 is 4.90 Å². The molecule has 2 aromatic carbocycles. The minimum absolute atomic E-state index is 0.00987. The number of halogens is 2. The Hall–Kier alpha value is -1.89. The third kappa shape index (κ3) is 6.58. The Kier molecular flexibility index (Phi) is 8.45. The Labute approximate surface area is 209 Å². The average Bonchev–Trinajstić information content (AvgIpc) is 3.08. The molecule has 0 saturated carbocycles. The third-order valence-corrected chi connectivity index (χ3v) is 7.62. The highest BCUT2D eigenvalue weighted by Crippen LogP contribution is 2.28. The fraction of sp³-hybridized carbons (Fsp3) is 0.462. The number of aryl methyl sites for hydroxylation is 2. The summed E-state index contributed by atoms with van der Waals surface area (Å²) in [5.41, 5.74) is 2.42. The lowest BCUT2D eigenvalue weighted by atomic mass is 9.90. The molecule has 1 aliphatic heterocycles. The number of unbranched alkanes of at least 4 members (excludes halogenated alkanes) is 1. The van der Waals surface area contributed by atoms with Gasteiger partial charge in [-0.15, -0.1) is 0 Å². The molecule has 1 saturated heterocycles. The zero-order chi connectivity index (χ0) is 23.2. The fourth-order valence-corrected chi connectivity index (χ4v) is 5.27. The molecular formula is C26H32BrClN4O. The van der Waals surface area contributed by atoms with E-state index in [0.717, 1.165) is 59.8 Å². The Morgan fingerprint density at radius 3 is 2.55 bits per heavy atom. The lowest BCUT2D eigenvalue weighted by Crippen LogP contribution is -2.35. The van der Waals surface area contributed by atoms with E-state index in [-0.39, 0.29) is 5.69 Å². The number of hydrogen-bond acceptors (Lipinski definition) is 3. The van der Waals surface area contributed by atoms with Crippen LogP contribution in [0, 0.1) is 12.8 Å². The Morgan fingerprint density at radius 1 is 1.06 bits per heavy atom. The van der Waals surface area contributed by atoms with Gasteiger partial charge in [0.05, 0.1) is 6.54 Å². The summed E-state index contributed by atoms with van der Waals surface area (Å²) in [6.45, 7) is 6.55. The van der Waals surface area contributed by atoms with E-state index in [2.05, 4.69) is 32.0 Å². The second-order valence-electron chi connectivity index (χ2n) is 9.06. The number of rotatable bonds is 9. The minimum Gasteiger partial charge on any atom is -0.303 e. The van der Waals surface area contributed by atoms with Crippen molar-refractivity contribution < 1.29 is 0 Å². The maximum atomic E-state index is 12.8. The molecule has 0 bridgehead atoms. The zero-order valence-electron chi connectivity index (χ0n) is 19.2. The molecule has 1 aliphatic rings. The van der Waals surface area contributed by atoms with Crippen molar-refractivity contribution in [2.75, 3.05) is 19.6 Å². The van der Waals surface area contributed by atoms with Gasteiger partial charge in [0.25, 0.3) is 0 Å². The largest absolute Gasteiger partial charge is 0.346 e. The van der Waals surface area contributed by atoms with Gasteiger partial charge in [0.1, 0.15) is 5.82 Å². The Bertz CT molecular complexity index is 1100. The molecule has 0 N–H and O–H groups in total. The first-order valence-corrected chi connectivity index (χ1v) is 13.0. The van der Waals surface area contributed by atoms with Gasteiger partial charge in [0.2, 0.25) is 0 Å². The zero-order valence-corrected chi connectivity index (χ0v) is 21.6. The predicted molar refractivity (Wildman–Crippen MR) is 138 cm³/mol. The summed E-state index contributed by atoms with van der Waals surface area (Å²) in [7, 11) is 0. The lowest BCUT2D eigenvalue weighted by molar-refractivity contribution is 0.180. The van der Waals surface area contributed by atoms with Gasteiger partial charge in [-0.2, -0.15) is 5.10 Å². The first-order valence-electron chi connectivity index (χ1n) is 11.8. The van der Waals surface area contributed by atoms with Crippen LogP contribution in [0.3, 0.4) is 0 Å². The highest BCUT2D eigenvalue weighted by molar-refractivity contribution is 9.10. The Morgan fingerprint density at radius 2 is 1.79 bits per heavy atom. The van der Waals surface area contributed by atoms with Crippen LogP contribution in [0.5, 0.6) is 0 Å². The molecule has 5 nitrogen and oxygen atoms in total.